The lowest BCUT2D eigenvalue weighted by Gasteiger charge is -2.49. The molecule has 1 unspecified atom stereocenters. The zero-order valence-corrected chi connectivity index (χ0v) is 12.3. The van der Waals surface area contributed by atoms with Gasteiger partial charge in [-0.15, -0.1) is 0 Å². The van der Waals surface area contributed by atoms with Crippen LogP contribution in [0.3, 0.4) is 0 Å². The fourth-order valence-electron chi connectivity index (χ4n) is 2.14. The molecular weight excluding hydrogens is 348 g/mol. The smallest absolute Gasteiger partial charge is 0.274 e. The zero-order chi connectivity index (χ0) is 15.8. The largest absolute Gasteiger partial charge is 0.394 e. The number of Topliss-reactive ketones (excluding diaryl/α,β-unsaturated/α-hetero) is 1. The number of hydrogen-bond donors (Lipinski definition) is 5. The summed E-state index contributed by atoms with van der Waals surface area (Å²) in [4.78, 5) is 12.4. The molecule has 1 aliphatic heterocycles. The Bertz CT molecular complexity index is 521. The Kier molecular flexibility index (Phi) is 4.50. The molecule has 1 aromatic rings. The average Bonchev–Trinajstić information content (AvgIpc) is 2.49. The number of ether oxygens (including phenoxy) is 1. The topological polar surface area (TPSA) is 127 Å². The van der Waals surface area contributed by atoms with Gasteiger partial charge in [0.25, 0.3) is 5.79 Å². The van der Waals surface area contributed by atoms with Crippen molar-refractivity contribution in [2.45, 2.75) is 28.6 Å². The highest BCUT2D eigenvalue weighted by Gasteiger charge is 2.66. The summed E-state index contributed by atoms with van der Waals surface area (Å²) < 4.78 is 2.35. The summed E-state index contributed by atoms with van der Waals surface area (Å²) >= 11 is 2.64. The summed E-state index contributed by atoms with van der Waals surface area (Å²) in [6.07, 6.45) is -5.08. The minimum Gasteiger partial charge on any atom is -0.394 e. The maximum absolute atomic E-state index is 12.4. The quantitative estimate of drug-likeness (QED) is 0.336. The zero-order valence-electron chi connectivity index (χ0n) is 10.8. The monoisotopic (exact) mass is 362 g/mol. The van der Waals surface area contributed by atoms with Gasteiger partial charge in [-0.3, -0.25) is 4.79 Å². The van der Waals surface area contributed by atoms with Gasteiger partial charge in [0.2, 0.25) is 10.3 Å². The van der Waals surface area contributed by atoms with Gasteiger partial charge >= 0.3 is 0 Å². The minimum absolute atomic E-state index is 0.0261. The Labute approximate surface area is 128 Å². The van der Waals surface area contributed by atoms with E-state index in [0.717, 1.165) is 0 Å². The van der Waals surface area contributed by atoms with Crippen molar-refractivity contribution in [3.8, 4) is 0 Å². The Balaban J connectivity index is 2.45. The van der Waals surface area contributed by atoms with E-state index in [0.29, 0.717) is 0 Å². The lowest BCUT2D eigenvalue weighted by molar-refractivity contribution is -0.332. The molecule has 0 bridgehead atoms. The van der Waals surface area contributed by atoms with Crippen LogP contribution in [-0.4, -0.2) is 66.5 Å². The van der Waals surface area contributed by atoms with E-state index in [2.05, 4.69) is 15.9 Å². The van der Waals surface area contributed by atoms with Gasteiger partial charge in [-0.2, -0.15) is 0 Å². The van der Waals surface area contributed by atoms with Crippen molar-refractivity contribution >= 4 is 21.7 Å². The third-order valence-corrected chi connectivity index (χ3v) is 4.42. The summed E-state index contributed by atoms with van der Waals surface area (Å²) in [6.45, 7) is -0.758. The number of carbonyl (C=O) groups is 1. The third kappa shape index (κ3) is 2.53. The Morgan fingerprint density at radius 2 is 1.81 bits per heavy atom. The highest BCUT2D eigenvalue weighted by Crippen LogP contribution is 2.42. The molecule has 5 atom stereocenters. The van der Waals surface area contributed by atoms with E-state index in [1.54, 1.807) is 18.2 Å². The Morgan fingerprint density at radius 3 is 2.33 bits per heavy atom. The lowest BCUT2D eigenvalue weighted by atomic mass is 9.87. The molecule has 0 saturated carbocycles. The van der Waals surface area contributed by atoms with Gasteiger partial charge in [-0.05, 0) is 15.9 Å². The molecule has 116 valence electrons. The van der Waals surface area contributed by atoms with Gasteiger partial charge in [-0.25, -0.2) is 0 Å². The molecule has 2 rings (SSSR count). The SMILES string of the molecule is O=C(c1ccccc1)C1(O)O[C@H](CO)[C@@H](O)[C@H](O)[C@@]1(O)Br. The van der Waals surface area contributed by atoms with Gasteiger partial charge in [0.15, 0.2) is 0 Å². The van der Waals surface area contributed by atoms with Crippen molar-refractivity contribution in [1.29, 1.82) is 0 Å². The lowest BCUT2D eigenvalue weighted by Crippen LogP contribution is -2.73. The number of carbonyl (C=O) groups excluding carboxylic acids is 1. The second kappa shape index (κ2) is 5.73. The molecule has 21 heavy (non-hydrogen) atoms. The Morgan fingerprint density at radius 1 is 1.24 bits per heavy atom. The van der Waals surface area contributed by atoms with Crippen LogP contribution >= 0.6 is 15.9 Å². The number of benzene rings is 1. The number of hydrogen-bond acceptors (Lipinski definition) is 7. The number of aliphatic hydroxyl groups is 5. The molecule has 1 aromatic carbocycles. The van der Waals surface area contributed by atoms with E-state index in [4.69, 9.17) is 9.84 Å². The average molecular weight is 363 g/mol. The van der Waals surface area contributed by atoms with E-state index in [1.807, 2.05) is 0 Å². The van der Waals surface area contributed by atoms with Crippen molar-refractivity contribution in [2.24, 2.45) is 0 Å². The van der Waals surface area contributed by atoms with E-state index >= 15 is 0 Å². The number of halogens is 1. The summed E-state index contributed by atoms with van der Waals surface area (Å²) in [5.74, 6) is -3.90. The first-order valence-electron chi connectivity index (χ1n) is 6.14. The number of ketones is 1. The minimum atomic E-state index is -2.87. The van der Waals surface area contributed by atoms with Gasteiger partial charge < -0.3 is 30.3 Å². The van der Waals surface area contributed by atoms with Crippen LogP contribution in [-0.2, 0) is 4.74 Å². The van der Waals surface area contributed by atoms with Gasteiger partial charge in [-0.1, -0.05) is 30.3 Å². The maximum Gasteiger partial charge on any atom is 0.274 e. The van der Waals surface area contributed by atoms with Crippen molar-refractivity contribution in [3.05, 3.63) is 35.9 Å². The van der Waals surface area contributed by atoms with Crippen molar-refractivity contribution in [1.82, 2.24) is 0 Å². The molecule has 0 amide bonds. The van der Waals surface area contributed by atoms with Crippen LogP contribution in [0.4, 0.5) is 0 Å². The van der Waals surface area contributed by atoms with Crippen molar-refractivity contribution in [2.75, 3.05) is 6.61 Å². The van der Waals surface area contributed by atoms with E-state index in [-0.39, 0.29) is 5.56 Å². The number of aliphatic hydroxyl groups excluding tert-OH is 3. The first kappa shape index (κ1) is 16.5. The predicted molar refractivity (Wildman–Crippen MR) is 73.6 cm³/mol. The summed E-state index contributed by atoms with van der Waals surface area (Å²) in [5.41, 5.74) is 0.0261. The fraction of sp³-hybridized carbons (Fsp3) is 0.462. The van der Waals surface area contributed by atoms with Crippen LogP contribution in [0.25, 0.3) is 0 Å². The first-order valence-corrected chi connectivity index (χ1v) is 6.93. The second-order valence-electron chi connectivity index (χ2n) is 4.79. The number of rotatable bonds is 3. The molecule has 5 N–H and O–H groups in total. The maximum atomic E-state index is 12.4. The highest BCUT2D eigenvalue weighted by molar-refractivity contribution is 9.10. The molecule has 1 aliphatic rings. The molecule has 0 aliphatic carbocycles. The fourth-order valence-corrected chi connectivity index (χ4v) is 2.69. The summed E-state index contributed by atoms with van der Waals surface area (Å²) in [6, 6.07) is 7.51. The summed E-state index contributed by atoms with van der Waals surface area (Å²) in [5, 5.41) is 49.4. The highest BCUT2D eigenvalue weighted by atomic mass is 79.9. The molecular formula is C13H15BrO7. The molecule has 1 fully saturated rings. The van der Waals surface area contributed by atoms with E-state index in [9.17, 15) is 25.2 Å². The molecule has 7 nitrogen and oxygen atoms in total. The van der Waals surface area contributed by atoms with E-state index < -0.39 is 41.0 Å². The summed E-state index contributed by atoms with van der Waals surface area (Å²) in [7, 11) is 0. The Hall–Kier alpha value is -0.870. The molecule has 1 saturated heterocycles. The van der Waals surface area contributed by atoms with Crippen molar-refractivity contribution < 1.29 is 35.1 Å². The molecule has 0 aromatic heterocycles. The van der Waals surface area contributed by atoms with Crippen LogP contribution in [0.5, 0.6) is 0 Å². The first-order chi connectivity index (χ1) is 9.75. The normalized spacial score (nSPS) is 40.0. The van der Waals surface area contributed by atoms with Crippen LogP contribution in [0.2, 0.25) is 0 Å². The van der Waals surface area contributed by atoms with Crippen LogP contribution in [0.15, 0.2) is 30.3 Å². The predicted octanol–water partition coefficient (Wildman–Crippen LogP) is -1.25. The van der Waals surface area contributed by atoms with Crippen molar-refractivity contribution in [3.63, 3.8) is 0 Å². The van der Waals surface area contributed by atoms with Crippen LogP contribution in [0, 0.1) is 0 Å². The standard InChI is InChI=1S/C13H15BrO7/c14-12(19)11(18)9(16)8(6-15)21-13(12,20)10(17)7-4-2-1-3-5-7/h1-5,8-9,11,15-16,18-20H,6H2/t8-,9-,11+,12+,13?/m1/s1. The molecule has 1 heterocycles. The van der Waals surface area contributed by atoms with Gasteiger partial charge in [0, 0.05) is 5.56 Å². The molecule has 0 spiro atoms. The third-order valence-electron chi connectivity index (χ3n) is 3.42. The number of alkyl halides is 1. The van der Waals surface area contributed by atoms with Gasteiger partial charge in [0.05, 0.1) is 6.61 Å². The molecule has 0 radical (unpaired) electrons. The van der Waals surface area contributed by atoms with Crippen LogP contribution < -0.4 is 0 Å². The van der Waals surface area contributed by atoms with E-state index in [1.165, 1.54) is 12.1 Å². The van der Waals surface area contributed by atoms with Gasteiger partial charge in [0.1, 0.15) is 18.3 Å². The molecule has 8 heteroatoms. The van der Waals surface area contributed by atoms with Crippen LogP contribution in [0.1, 0.15) is 10.4 Å². The second-order valence-corrected chi connectivity index (χ2v) is 6.00.